The average Bonchev–Trinajstić information content (AvgIpc) is 2.17. The summed E-state index contributed by atoms with van der Waals surface area (Å²) in [6, 6.07) is 0. The lowest BCUT2D eigenvalue weighted by Crippen LogP contribution is -1.97. The van der Waals surface area contributed by atoms with Crippen molar-refractivity contribution in [3.63, 3.8) is 0 Å². The summed E-state index contributed by atoms with van der Waals surface area (Å²) in [6.45, 7) is 6.44. The Hall–Kier alpha value is -0.0400. The van der Waals surface area contributed by atoms with Crippen LogP contribution in [0, 0.1) is 5.92 Å². The van der Waals surface area contributed by atoms with Crippen LogP contribution in [0.15, 0.2) is 0 Å². The molecule has 1 fully saturated rings. The van der Waals surface area contributed by atoms with Crippen LogP contribution in [0.2, 0.25) is 0 Å². The van der Waals surface area contributed by atoms with Crippen molar-refractivity contribution >= 4 is 0 Å². The Balaban J connectivity index is 0.000000236. The molecule has 0 bridgehead atoms. The molecule has 2 atom stereocenters. The van der Waals surface area contributed by atoms with E-state index in [1.54, 1.807) is 0 Å². The predicted octanol–water partition coefficient (Wildman–Crippen LogP) is 2.58. The van der Waals surface area contributed by atoms with Crippen LogP contribution in [0.25, 0.3) is 0 Å². The van der Waals surface area contributed by atoms with E-state index >= 15 is 0 Å². The molecule has 10 heavy (non-hydrogen) atoms. The zero-order valence-electron chi connectivity index (χ0n) is 7.43. The quantitative estimate of drug-likeness (QED) is 0.554. The first kappa shape index (κ1) is 9.96. The van der Waals surface area contributed by atoms with E-state index in [2.05, 4.69) is 20.8 Å². The summed E-state index contributed by atoms with van der Waals surface area (Å²) in [4.78, 5) is 0. The number of aliphatic hydroxyl groups excluding tert-OH is 1. The smallest absolute Gasteiger partial charge is 0.0542 e. The summed E-state index contributed by atoms with van der Waals surface area (Å²) in [5.74, 6) is 0.773. The molecule has 0 aromatic heterocycles. The molecule has 62 valence electrons. The normalized spacial score (nSPS) is 31.2. The zero-order valence-corrected chi connectivity index (χ0v) is 7.43. The van der Waals surface area contributed by atoms with Crippen LogP contribution in [-0.4, -0.2) is 11.2 Å². The third-order valence-corrected chi connectivity index (χ3v) is 1.67. The fourth-order valence-corrected chi connectivity index (χ4v) is 1.18. The molecule has 0 spiro atoms. The lowest BCUT2D eigenvalue weighted by molar-refractivity contribution is 0.179. The van der Waals surface area contributed by atoms with Gasteiger partial charge >= 0.3 is 0 Å². The summed E-state index contributed by atoms with van der Waals surface area (Å²) in [7, 11) is 0. The minimum absolute atomic E-state index is 0.0231. The fraction of sp³-hybridized carbons (Fsp3) is 1.00. The third-order valence-electron chi connectivity index (χ3n) is 1.67. The molecule has 0 unspecified atom stereocenters. The molecule has 0 aliphatic heterocycles. The highest BCUT2D eigenvalue weighted by molar-refractivity contribution is 4.70. The molecular formula is C9H20O. The van der Waals surface area contributed by atoms with Crippen LogP contribution in [0.1, 0.15) is 46.5 Å². The van der Waals surface area contributed by atoms with E-state index in [1.165, 1.54) is 12.8 Å². The maximum atomic E-state index is 8.90. The van der Waals surface area contributed by atoms with Gasteiger partial charge < -0.3 is 5.11 Å². The van der Waals surface area contributed by atoms with Gasteiger partial charge in [-0.05, 0) is 25.2 Å². The van der Waals surface area contributed by atoms with Crippen LogP contribution in [0.5, 0.6) is 0 Å². The maximum Gasteiger partial charge on any atom is 0.0542 e. The first-order valence-corrected chi connectivity index (χ1v) is 4.38. The van der Waals surface area contributed by atoms with E-state index in [0.717, 1.165) is 18.8 Å². The van der Waals surface area contributed by atoms with Crippen molar-refractivity contribution in [3.05, 3.63) is 0 Å². The highest BCUT2D eigenvalue weighted by Gasteiger charge is 2.17. The van der Waals surface area contributed by atoms with Gasteiger partial charge in [0.2, 0.25) is 0 Å². The molecule has 0 saturated heterocycles. The van der Waals surface area contributed by atoms with Gasteiger partial charge in [0.1, 0.15) is 0 Å². The molecule has 1 heteroatoms. The van der Waals surface area contributed by atoms with Crippen molar-refractivity contribution in [2.45, 2.75) is 52.6 Å². The van der Waals surface area contributed by atoms with Gasteiger partial charge in [-0.2, -0.15) is 0 Å². The summed E-state index contributed by atoms with van der Waals surface area (Å²) >= 11 is 0. The Morgan fingerprint density at radius 3 is 1.90 bits per heavy atom. The lowest BCUT2D eigenvalue weighted by atomic mass is 10.1. The van der Waals surface area contributed by atoms with Gasteiger partial charge in [-0.25, -0.2) is 0 Å². The van der Waals surface area contributed by atoms with Gasteiger partial charge in [0.15, 0.2) is 0 Å². The first-order valence-electron chi connectivity index (χ1n) is 4.38. The summed E-state index contributed by atoms with van der Waals surface area (Å²) in [5, 5.41) is 8.90. The van der Waals surface area contributed by atoms with Gasteiger partial charge in [0, 0.05) is 0 Å². The summed E-state index contributed by atoms with van der Waals surface area (Å²) in [6.07, 6.45) is 4.55. The molecular weight excluding hydrogens is 124 g/mol. The number of rotatable bonds is 0. The van der Waals surface area contributed by atoms with E-state index in [0.29, 0.717) is 0 Å². The zero-order chi connectivity index (χ0) is 7.98. The van der Waals surface area contributed by atoms with Crippen molar-refractivity contribution < 1.29 is 5.11 Å². The maximum absolute atomic E-state index is 8.90. The average molecular weight is 144 g/mol. The Kier molecular flexibility index (Phi) is 5.70. The van der Waals surface area contributed by atoms with Crippen molar-refractivity contribution in [1.29, 1.82) is 0 Å². The van der Waals surface area contributed by atoms with Crippen molar-refractivity contribution in [3.8, 4) is 0 Å². The second-order valence-electron chi connectivity index (χ2n) is 3.28. The van der Waals surface area contributed by atoms with Gasteiger partial charge in [-0.15, -0.1) is 0 Å². The molecule has 1 rings (SSSR count). The van der Waals surface area contributed by atoms with E-state index in [1.807, 2.05) is 0 Å². The molecule has 0 aromatic carbocycles. The summed E-state index contributed by atoms with van der Waals surface area (Å²) in [5.41, 5.74) is 0. The minimum Gasteiger partial charge on any atom is -0.393 e. The highest BCUT2D eigenvalue weighted by Crippen LogP contribution is 2.23. The topological polar surface area (TPSA) is 20.2 Å². The lowest BCUT2D eigenvalue weighted by Gasteiger charge is -1.95. The van der Waals surface area contributed by atoms with E-state index < -0.39 is 0 Å². The second-order valence-corrected chi connectivity index (χ2v) is 3.28. The molecule has 1 aliphatic rings. The highest BCUT2D eigenvalue weighted by atomic mass is 16.3. The van der Waals surface area contributed by atoms with E-state index in [-0.39, 0.29) is 6.10 Å². The van der Waals surface area contributed by atoms with E-state index in [9.17, 15) is 0 Å². The molecule has 0 radical (unpaired) electrons. The van der Waals surface area contributed by atoms with Crippen molar-refractivity contribution in [2.24, 2.45) is 5.92 Å². The predicted molar refractivity (Wildman–Crippen MR) is 45.0 cm³/mol. The Morgan fingerprint density at radius 2 is 1.80 bits per heavy atom. The van der Waals surface area contributed by atoms with Gasteiger partial charge in [-0.3, -0.25) is 0 Å². The van der Waals surface area contributed by atoms with E-state index in [4.69, 9.17) is 5.11 Å². The van der Waals surface area contributed by atoms with Gasteiger partial charge in [0.25, 0.3) is 0 Å². The Morgan fingerprint density at radius 1 is 1.30 bits per heavy atom. The molecule has 1 N–H and O–H groups in total. The van der Waals surface area contributed by atoms with Gasteiger partial charge in [-0.1, -0.05) is 27.2 Å². The standard InChI is InChI=1S/C6H12O.C3H8/c1-5-2-3-6(7)4-5;1-3-2/h5-7H,2-4H2,1H3;3H2,1-2H3/t5-,6-;/m1./s1. The Labute approximate surface area is 64.5 Å². The van der Waals surface area contributed by atoms with Gasteiger partial charge in [0.05, 0.1) is 6.10 Å². The van der Waals surface area contributed by atoms with Crippen LogP contribution in [-0.2, 0) is 0 Å². The molecule has 1 saturated carbocycles. The Bertz CT molecular complexity index is 63.1. The van der Waals surface area contributed by atoms with Crippen LogP contribution in [0.3, 0.4) is 0 Å². The minimum atomic E-state index is 0.0231. The number of aliphatic hydroxyl groups is 1. The van der Waals surface area contributed by atoms with Crippen LogP contribution in [0.4, 0.5) is 0 Å². The molecule has 1 aliphatic carbocycles. The number of hydrogen-bond donors (Lipinski definition) is 1. The monoisotopic (exact) mass is 144 g/mol. The molecule has 0 amide bonds. The molecule has 0 heterocycles. The van der Waals surface area contributed by atoms with Crippen molar-refractivity contribution in [2.75, 3.05) is 0 Å². The fourth-order valence-electron chi connectivity index (χ4n) is 1.18. The number of hydrogen-bond acceptors (Lipinski definition) is 1. The van der Waals surface area contributed by atoms with Crippen molar-refractivity contribution in [1.82, 2.24) is 0 Å². The van der Waals surface area contributed by atoms with Crippen LogP contribution >= 0.6 is 0 Å². The second kappa shape index (κ2) is 5.72. The SMILES string of the molecule is CCC.C[C@@H]1CC[C@@H](O)C1. The largest absolute Gasteiger partial charge is 0.393 e. The molecule has 1 nitrogen and oxygen atoms in total. The third kappa shape index (κ3) is 4.80. The van der Waals surface area contributed by atoms with Crippen LogP contribution < -0.4 is 0 Å². The summed E-state index contributed by atoms with van der Waals surface area (Å²) < 4.78 is 0. The first-order chi connectivity index (χ1) is 4.70. The molecule has 0 aromatic rings.